The number of Topliss-reactive ketones (excluding diaryl/α,β-unsaturated/α-hetero) is 1. The highest BCUT2D eigenvalue weighted by Gasteiger charge is 2.10. The van der Waals surface area contributed by atoms with Crippen molar-refractivity contribution in [2.45, 2.75) is 38.4 Å². The van der Waals surface area contributed by atoms with Crippen LogP contribution in [0.1, 0.15) is 48.5 Å². The third-order valence-electron chi connectivity index (χ3n) is 2.84. The first-order chi connectivity index (χ1) is 8.79. The lowest BCUT2D eigenvalue weighted by Gasteiger charge is -2.07. The second-order valence-corrected chi connectivity index (χ2v) is 5.53. The average Bonchev–Trinajstić information content (AvgIpc) is 2.41. The molecule has 0 heterocycles. The number of allylic oxidation sites excluding steroid dienone is 1. The highest BCUT2D eigenvalue weighted by molar-refractivity contribution is 7.98. The Morgan fingerprint density at radius 2 is 2.11 bits per heavy atom. The first kappa shape index (κ1) is 15.0. The number of thioether (sulfide) groups is 1. The maximum atomic E-state index is 12.2. The van der Waals surface area contributed by atoms with Crippen LogP contribution in [-0.2, 0) is 5.75 Å². The van der Waals surface area contributed by atoms with E-state index in [4.69, 9.17) is 0 Å². The Morgan fingerprint density at radius 3 is 2.83 bits per heavy atom. The van der Waals surface area contributed by atoms with Gasteiger partial charge in [0.1, 0.15) is 0 Å². The zero-order chi connectivity index (χ0) is 13.2. The van der Waals surface area contributed by atoms with Gasteiger partial charge in [0, 0.05) is 17.7 Å². The van der Waals surface area contributed by atoms with E-state index in [-0.39, 0.29) is 5.78 Å². The first-order valence-corrected chi connectivity index (χ1v) is 7.74. The summed E-state index contributed by atoms with van der Waals surface area (Å²) in [6.45, 7) is 5.84. The average molecular weight is 262 g/mol. The van der Waals surface area contributed by atoms with E-state index in [0.29, 0.717) is 6.42 Å². The summed E-state index contributed by atoms with van der Waals surface area (Å²) in [5.74, 6) is 2.30. The standard InChI is InChI=1S/C16H22OS/c1-3-5-6-7-12-16(17)15-11-9-8-10-14(15)13-18-4-2/h3,8-11H,1,4-7,12-13H2,2H3. The SMILES string of the molecule is C=CCCCCC(=O)c1ccccc1CSCC. The number of carbonyl (C=O) groups excluding carboxylic acids is 1. The molecule has 0 aliphatic heterocycles. The normalized spacial score (nSPS) is 10.3. The van der Waals surface area contributed by atoms with Crippen LogP contribution >= 0.6 is 11.8 Å². The molecule has 0 spiro atoms. The van der Waals surface area contributed by atoms with E-state index >= 15 is 0 Å². The van der Waals surface area contributed by atoms with Gasteiger partial charge in [0.15, 0.2) is 5.78 Å². The van der Waals surface area contributed by atoms with Crippen molar-refractivity contribution >= 4 is 17.5 Å². The lowest BCUT2D eigenvalue weighted by Crippen LogP contribution is -2.03. The van der Waals surface area contributed by atoms with Crippen LogP contribution < -0.4 is 0 Å². The molecule has 0 saturated carbocycles. The van der Waals surface area contributed by atoms with Crippen molar-refractivity contribution in [2.24, 2.45) is 0 Å². The van der Waals surface area contributed by atoms with E-state index in [2.05, 4.69) is 19.6 Å². The Hall–Kier alpha value is -1.02. The summed E-state index contributed by atoms with van der Waals surface area (Å²) in [5, 5.41) is 0. The fourth-order valence-corrected chi connectivity index (χ4v) is 2.51. The molecule has 1 aromatic carbocycles. The summed E-state index contributed by atoms with van der Waals surface area (Å²) in [4.78, 5) is 12.2. The number of hydrogen-bond acceptors (Lipinski definition) is 2. The third-order valence-corrected chi connectivity index (χ3v) is 3.76. The fourth-order valence-electron chi connectivity index (χ4n) is 1.84. The Labute approximate surface area is 115 Å². The molecule has 0 bridgehead atoms. The maximum Gasteiger partial charge on any atom is 0.163 e. The number of hydrogen-bond donors (Lipinski definition) is 0. The van der Waals surface area contributed by atoms with Crippen LogP contribution in [0.2, 0.25) is 0 Å². The summed E-state index contributed by atoms with van der Waals surface area (Å²) in [6, 6.07) is 8.00. The monoisotopic (exact) mass is 262 g/mol. The molecule has 1 rings (SSSR count). The minimum Gasteiger partial charge on any atom is -0.294 e. The molecule has 0 amide bonds. The molecule has 2 heteroatoms. The van der Waals surface area contributed by atoms with Gasteiger partial charge in [-0.3, -0.25) is 4.79 Å². The number of carbonyl (C=O) groups is 1. The van der Waals surface area contributed by atoms with Crippen molar-refractivity contribution in [1.82, 2.24) is 0 Å². The summed E-state index contributed by atoms with van der Waals surface area (Å²) in [7, 11) is 0. The van der Waals surface area contributed by atoms with Gasteiger partial charge in [-0.1, -0.05) is 37.3 Å². The van der Waals surface area contributed by atoms with Crippen LogP contribution in [-0.4, -0.2) is 11.5 Å². The maximum absolute atomic E-state index is 12.2. The van der Waals surface area contributed by atoms with Crippen molar-refractivity contribution in [2.75, 3.05) is 5.75 Å². The molecule has 0 aromatic heterocycles. The lowest BCUT2D eigenvalue weighted by molar-refractivity contribution is 0.0979. The molecule has 1 aromatic rings. The Morgan fingerprint density at radius 1 is 1.33 bits per heavy atom. The van der Waals surface area contributed by atoms with Crippen LogP contribution in [0, 0.1) is 0 Å². The fraction of sp³-hybridized carbons (Fsp3) is 0.438. The molecule has 0 radical (unpaired) electrons. The molecule has 0 N–H and O–H groups in total. The molecule has 1 nitrogen and oxygen atoms in total. The van der Waals surface area contributed by atoms with Gasteiger partial charge < -0.3 is 0 Å². The largest absolute Gasteiger partial charge is 0.294 e. The van der Waals surface area contributed by atoms with Crippen molar-refractivity contribution in [3.05, 3.63) is 48.0 Å². The van der Waals surface area contributed by atoms with Gasteiger partial charge in [0.25, 0.3) is 0 Å². The van der Waals surface area contributed by atoms with Gasteiger partial charge in [-0.2, -0.15) is 11.8 Å². The Bertz CT molecular complexity index is 384. The second kappa shape index (κ2) is 8.98. The molecule has 0 saturated heterocycles. The number of benzene rings is 1. The molecule has 0 unspecified atom stereocenters. The van der Waals surface area contributed by atoms with Gasteiger partial charge in [0.05, 0.1) is 0 Å². The summed E-state index contributed by atoms with van der Waals surface area (Å²) in [5.41, 5.74) is 2.09. The smallest absolute Gasteiger partial charge is 0.163 e. The van der Waals surface area contributed by atoms with E-state index < -0.39 is 0 Å². The molecule has 0 aliphatic rings. The zero-order valence-electron chi connectivity index (χ0n) is 11.2. The number of ketones is 1. The van der Waals surface area contributed by atoms with E-state index in [1.807, 2.05) is 36.0 Å². The highest BCUT2D eigenvalue weighted by atomic mass is 32.2. The van der Waals surface area contributed by atoms with Gasteiger partial charge in [-0.25, -0.2) is 0 Å². The number of unbranched alkanes of at least 4 members (excludes halogenated alkanes) is 2. The van der Waals surface area contributed by atoms with Crippen LogP contribution in [0.15, 0.2) is 36.9 Å². The molecule has 0 aliphatic carbocycles. The highest BCUT2D eigenvalue weighted by Crippen LogP contribution is 2.18. The van der Waals surface area contributed by atoms with E-state index in [1.165, 1.54) is 5.56 Å². The van der Waals surface area contributed by atoms with Gasteiger partial charge in [0.2, 0.25) is 0 Å². The zero-order valence-corrected chi connectivity index (χ0v) is 12.0. The van der Waals surface area contributed by atoms with Gasteiger partial charge in [-0.15, -0.1) is 6.58 Å². The van der Waals surface area contributed by atoms with E-state index in [9.17, 15) is 4.79 Å². The molecular weight excluding hydrogens is 240 g/mol. The number of rotatable bonds is 9. The van der Waals surface area contributed by atoms with Crippen molar-refractivity contribution in [3.63, 3.8) is 0 Å². The van der Waals surface area contributed by atoms with Crippen molar-refractivity contribution in [3.8, 4) is 0 Å². The van der Waals surface area contributed by atoms with Gasteiger partial charge in [-0.05, 0) is 30.6 Å². The molecule has 0 atom stereocenters. The van der Waals surface area contributed by atoms with Crippen LogP contribution in [0.3, 0.4) is 0 Å². The Kier molecular flexibility index (Phi) is 7.51. The van der Waals surface area contributed by atoms with Crippen LogP contribution in [0.4, 0.5) is 0 Å². The summed E-state index contributed by atoms with van der Waals surface area (Å²) < 4.78 is 0. The van der Waals surface area contributed by atoms with Crippen molar-refractivity contribution in [1.29, 1.82) is 0 Å². The second-order valence-electron chi connectivity index (χ2n) is 4.25. The minimum absolute atomic E-state index is 0.284. The summed E-state index contributed by atoms with van der Waals surface area (Å²) >= 11 is 1.86. The van der Waals surface area contributed by atoms with Crippen molar-refractivity contribution < 1.29 is 4.79 Å². The predicted octanol–water partition coefficient (Wildman–Crippen LogP) is 4.87. The predicted molar refractivity (Wildman–Crippen MR) is 81.3 cm³/mol. The molecule has 18 heavy (non-hydrogen) atoms. The van der Waals surface area contributed by atoms with E-state index in [1.54, 1.807) is 0 Å². The van der Waals surface area contributed by atoms with Gasteiger partial charge >= 0.3 is 0 Å². The van der Waals surface area contributed by atoms with Crippen LogP contribution in [0.25, 0.3) is 0 Å². The molecule has 98 valence electrons. The van der Waals surface area contributed by atoms with Crippen LogP contribution in [0.5, 0.6) is 0 Å². The minimum atomic E-state index is 0.284. The quantitative estimate of drug-likeness (QED) is 0.359. The molecule has 0 fully saturated rings. The van der Waals surface area contributed by atoms with E-state index in [0.717, 1.165) is 36.3 Å². The topological polar surface area (TPSA) is 17.1 Å². The third kappa shape index (κ3) is 5.09. The lowest BCUT2D eigenvalue weighted by atomic mass is 10.0. The summed E-state index contributed by atoms with van der Waals surface area (Å²) in [6.07, 6.45) is 5.58. The first-order valence-electron chi connectivity index (χ1n) is 6.59. The molecular formula is C16H22OS. The Balaban J connectivity index is 2.57.